The average Bonchev–Trinajstić information content (AvgIpc) is 2.98. The number of para-hydroxylation sites is 1. The van der Waals surface area contributed by atoms with Gasteiger partial charge in [0.25, 0.3) is 11.8 Å². The number of halogens is 1. The van der Waals surface area contributed by atoms with Crippen LogP contribution in [0.15, 0.2) is 52.5 Å². The van der Waals surface area contributed by atoms with E-state index >= 15 is 0 Å². The lowest BCUT2D eigenvalue weighted by Crippen LogP contribution is -2.35. The number of carbonyl (C=O) groups is 2. The molecular weight excluding hydrogens is 442 g/mol. The highest BCUT2D eigenvalue weighted by molar-refractivity contribution is 9.10. The fourth-order valence-corrected chi connectivity index (χ4v) is 3.19. The molecule has 0 aromatic heterocycles. The fraction of sp³-hybridized carbons (Fsp3) is 0.200. The topological polar surface area (TPSA) is 102 Å². The SMILES string of the molecule is CC[C@@H](C)Oc1c(/C=C2/C(=O)NN(c3ccccc3)C2=O)cc(Br)cc1[N+](=O)[O-]. The molecule has 0 spiro atoms. The molecule has 0 aliphatic carbocycles. The lowest BCUT2D eigenvalue weighted by atomic mass is 10.1. The van der Waals surface area contributed by atoms with Gasteiger partial charge in [-0.3, -0.25) is 25.1 Å². The minimum Gasteiger partial charge on any atom is -0.483 e. The maximum Gasteiger partial charge on any atom is 0.312 e. The predicted octanol–water partition coefficient (Wildman–Crippen LogP) is 4.00. The molecule has 0 bridgehead atoms. The molecule has 150 valence electrons. The van der Waals surface area contributed by atoms with Crippen LogP contribution in [0, 0.1) is 10.1 Å². The van der Waals surface area contributed by atoms with Crippen molar-refractivity contribution in [2.45, 2.75) is 26.4 Å². The Bertz CT molecular complexity index is 1010. The van der Waals surface area contributed by atoms with E-state index < -0.39 is 16.7 Å². The lowest BCUT2D eigenvalue weighted by Gasteiger charge is -2.15. The third-order valence-corrected chi connectivity index (χ3v) is 4.82. The number of hydrogen-bond donors (Lipinski definition) is 1. The Hall–Kier alpha value is -3.20. The summed E-state index contributed by atoms with van der Waals surface area (Å²) in [7, 11) is 0. The summed E-state index contributed by atoms with van der Waals surface area (Å²) in [5, 5.41) is 12.7. The van der Waals surface area contributed by atoms with Gasteiger partial charge >= 0.3 is 5.69 Å². The maximum absolute atomic E-state index is 12.8. The summed E-state index contributed by atoms with van der Waals surface area (Å²) in [6.07, 6.45) is 1.65. The third-order valence-electron chi connectivity index (χ3n) is 4.36. The largest absolute Gasteiger partial charge is 0.483 e. The lowest BCUT2D eigenvalue weighted by molar-refractivity contribution is -0.386. The Morgan fingerprint density at radius 3 is 2.59 bits per heavy atom. The van der Waals surface area contributed by atoms with Gasteiger partial charge in [0.05, 0.1) is 16.7 Å². The molecular formula is C20H18BrN3O5. The van der Waals surface area contributed by atoms with E-state index in [9.17, 15) is 19.7 Å². The van der Waals surface area contributed by atoms with Crippen LogP contribution in [0.3, 0.4) is 0 Å². The summed E-state index contributed by atoms with van der Waals surface area (Å²) in [6.45, 7) is 3.67. The van der Waals surface area contributed by atoms with Crippen molar-refractivity contribution in [2.24, 2.45) is 0 Å². The van der Waals surface area contributed by atoms with Crippen molar-refractivity contribution in [1.29, 1.82) is 0 Å². The van der Waals surface area contributed by atoms with Crippen molar-refractivity contribution in [1.82, 2.24) is 5.43 Å². The van der Waals surface area contributed by atoms with Crippen molar-refractivity contribution in [2.75, 3.05) is 5.01 Å². The molecule has 0 unspecified atom stereocenters. The van der Waals surface area contributed by atoms with Crippen molar-refractivity contribution < 1.29 is 19.2 Å². The van der Waals surface area contributed by atoms with Crippen LogP contribution in [0.2, 0.25) is 0 Å². The molecule has 1 aliphatic heterocycles. The first-order valence-electron chi connectivity index (χ1n) is 8.88. The minimum atomic E-state index is -0.601. The number of carbonyl (C=O) groups excluding carboxylic acids is 2. The van der Waals surface area contributed by atoms with E-state index in [4.69, 9.17) is 4.74 Å². The van der Waals surface area contributed by atoms with Crippen LogP contribution in [0.1, 0.15) is 25.8 Å². The van der Waals surface area contributed by atoms with Gasteiger partial charge in [-0.15, -0.1) is 0 Å². The highest BCUT2D eigenvalue weighted by Crippen LogP contribution is 2.37. The molecule has 2 amide bonds. The quantitative estimate of drug-likeness (QED) is 0.304. The van der Waals surface area contributed by atoms with Gasteiger partial charge in [-0.2, -0.15) is 0 Å². The molecule has 0 radical (unpaired) electrons. The van der Waals surface area contributed by atoms with E-state index in [2.05, 4.69) is 21.4 Å². The van der Waals surface area contributed by atoms with Crippen molar-refractivity contribution in [3.05, 3.63) is 68.2 Å². The zero-order valence-corrected chi connectivity index (χ0v) is 17.3. The minimum absolute atomic E-state index is 0.0128. The van der Waals surface area contributed by atoms with Crippen LogP contribution in [0.5, 0.6) is 5.75 Å². The standard InChI is InChI=1S/C20H18BrN3O5/c1-3-12(2)29-18-13(9-14(21)11-17(18)24(27)28)10-16-19(25)22-23(20(16)26)15-7-5-4-6-8-15/h4-12H,3H2,1-2H3,(H,22,25)/b16-10-/t12-/m1/s1. The number of anilines is 1. The van der Waals surface area contributed by atoms with E-state index in [0.29, 0.717) is 16.6 Å². The van der Waals surface area contributed by atoms with Crippen LogP contribution in [0.4, 0.5) is 11.4 Å². The molecule has 1 aliphatic rings. The van der Waals surface area contributed by atoms with E-state index in [1.54, 1.807) is 43.3 Å². The summed E-state index contributed by atoms with van der Waals surface area (Å²) >= 11 is 3.24. The second-order valence-electron chi connectivity index (χ2n) is 6.41. The van der Waals surface area contributed by atoms with Crippen molar-refractivity contribution in [3.63, 3.8) is 0 Å². The number of hydrazine groups is 1. The molecule has 29 heavy (non-hydrogen) atoms. The number of nitrogens with zero attached hydrogens (tertiary/aromatic N) is 2. The maximum atomic E-state index is 12.8. The van der Waals surface area contributed by atoms with Crippen LogP contribution in [-0.2, 0) is 9.59 Å². The second-order valence-corrected chi connectivity index (χ2v) is 7.33. The fourth-order valence-electron chi connectivity index (χ4n) is 2.73. The van der Waals surface area contributed by atoms with E-state index in [1.807, 2.05) is 6.92 Å². The Morgan fingerprint density at radius 2 is 1.97 bits per heavy atom. The summed E-state index contributed by atoms with van der Waals surface area (Å²) in [5.41, 5.74) is 2.88. The Morgan fingerprint density at radius 1 is 1.28 bits per heavy atom. The zero-order chi connectivity index (χ0) is 21.1. The molecule has 1 atom stereocenters. The molecule has 1 saturated heterocycles. The Kier molecular flexibility index (Phi) is 5.97. The first-order chi connectivity index (χ1) is 13.8. The molecule has 9 heteroatoms. The highest BCUT2D eigenvalue weighted by Gasteiger charge is 2.35. The van der Waals surface area contributed by atoms with Crippen LogP contribution in [0.25, 0.3) is 6.08 Å². The molecule has 1 N–H and O–H groups in total. The van der Waals surface area contributed by atoms with E-state index in [0.717, 1.165) is 5.01 Å². The van der Waals surface area contributed by atoms with Gasteiger partial charge in [-0.05, 0) is 37.6 Å². The molecule has 2 aromatic rings. The van der Waals surface area contributed by atoms with Gasteiger partial charge in [-0.1, -0.05) is 41.1 Å². The molecule has 1 fully saturated rings. The van der Waals surface area contributed by atoms with Gasteiger partial charge in [0.2, 0.25) is 5.75 Å². The van der Waals surface area contributed by atoms with Crippen molar-refractivity contribution >= 4 is 45.2 Å². The third kappa shape index (κ3) is 4.29. The van der Waals surface area contributed by atoms with E-state index in [1.165, 1.54) is 12.1 Å². The van der Waals surface area contributed by atoms with Crippen LogP contribution >= 0.6 is 15.9 Å². The number of nitro groups is 1. The molecule has 3 rings (SSSR count). The molecule has 2 aromatic carbocycles. The Balaban J connectivity index is 2.08. The number of amides is 2. The summed E-state index contributed by atoms with van der Waals surface area (Å²) < 4.78 is 6.20. The first kappa shape index (κ1) is 20.5. The monoisotopic (exact) mass is 459 g/mol. The van der Waals surface area contributed by atoms with Gasteiger partial charge in [-0.25, -0.2) is 5.01 Å². The number of nitro benzene ring substituents is 1. The summed E-state index contributed by atoms with van der Waals surface area (Å²) in [5.74, 6) is -1.15. The van der Waals surface area contributed by atoms with Gasteiger partial charge < -0.3 is 4.74 Å². The predicted molar refractivity (Wildman–Crippen MR) is 111 cm³/mol. The van der Waals surface area contributed by atoms with Crippen LogP contribution < -0.4 is 15.2 Å². The second kappa shape index (κ2) is 8.44. The van der Waals surface area contributed by atoms with Gasteiger partial charge in [0, 0.05) is 16.1 Å². The van der Waals surface area contributed by atoms with E-state index in [-0.39, 0.29) is 28.7 Å². The Labute approximate surface area is 175 Å². The zero-order valence-electron chi connectivity index (χ0n) is 15.7. The molecule has 8 nitrogen and oxygen atoms in total. The number of rotatable bonds is 6. The average molecular weight is 460 g/mol. The number of benzene rings is 2. The van der Waals surface area contributed by atoms with Gasteiger partial charge in [0.15, 0.2) is 0 Å². The number of hydrogen-bond acceptors (Lipinski definition) is 5. The molecule has 0 saturated carbocycles. The van der Waals surface area contributed by atoms with Crippen molar-refractivity contribution in [3.8, 4) is 5.75 Å². The smallest absolute Gasteiger partial charge is 0.312 e. The first-order valence-corrected chi connectivity index (χ1v) is 9.68. The molecule has 1 heterocycles. The summed E-state index contributed by atoms with van der Waals surface area (Å²) in [6, 6.07) is 11.5. The number of ether oxygens (including phenoxy) is 1. The number of nitrogens with one attached hydrogen (secondary N) is 1. The van der Waals surface area contributed by atoms with Crippen LogP contribution in [-0.4, -0.2) is 22.8 Å². The summed E-state index contributed by atoms with van der Waals surface area (Å²) in [4.78, 5) is 36.2. The normalized spacial score (nSPS) is 16.1. The highest BCUT2D eigenvalue weighted by atomic mass is 79.9. The van der Waals surface area contributed by atoms with Gasteiger partial charge in [0.1, 0.15) is 5.57 Å².